The van der Waals surface area contributed by atoms with Crippen LogP contribution in [0.2, 0.25) is 10.0 Å². The Morgan fingerprint density at radius 2 is 1.82 bits per heavy atom. The van der Waals surface area contributed by atoms with Crippen molar-refractivity contribution in [3.63, 3.8) is 0 Å². The molecule has 0 aromatic heterocycles. The second-order valence-electron chi connectivity index (χ2n) is 3.43. The lowest BCUT2D eigenvalue weighted by Gasteiger charge is -2.15. The molecule has 0 fully saturated rings. The van der Waals surface area contributed by atoms with Crippen LogP contribution in [0.4, 0.5) is 13.2 Å². The fourth-order valence-electron chi connectivity index (χ4n) is 1.28. The molecule has 7 heteroatoms. The van der Waals surface area contributed by atoms with E-state index in [0.717, 1.165) is 0 Å². The molecule has 17 heavy (non-hydrogen) atoms. The lowest BCUT2D eigenvalue weighted by atomic mass is 10.0. The Balaban J connectivity index is 0.00000256. The first-order valence-corrected chi connectivity index (χ1v) is 5.32. The van der Waals surface area contributed by atoms with Crippen molar-refractivity contribution < 1.29 is 13.2 Å². The first kappa shape index (κ1) is 16.8. The molecule has 98 valence electrons. The Morgan fingerprint density at radius 1 is 1.24 bits per heavy atom. The van der Waals surface area contributed by atoms with Gasteiger partial charge in [0.15, 0.2) is 0 Å². The molecule has 0 aliphatic heterocycles. The van der Waals surface area contributed by atoms with Gasteiger partial charge in [-0.25, -0.2) is 0 Å². The third-order valence-corrected chi connectivity index (χ3v) is 2.66. The quantitative estimate of drug-likeness (QED) is 0.856. The minimum absolute atomic E-state index is 0. The molecule has 0 heterocycles. The summed E-state index contributed by atoms with van der Waals surface area (Å²) in [6.45, 7) is 0. The van der Waals surface area contributed by atoms with Gasteiger partial charge in [0.2, 0.25) is 0 Å². The number of halogens is 6. The zero-order valence-corrected chi connectivity index (χ0v) is 10.9. The summed E-state index contributed by atoms with van der Waals surface area (Å²) >= 11 is 11.5. The number of benzene rings is 1. The second-order valence-corrected chi connectivity index (χ2v) is 4.27. The van der Waals surface area contributed by atoms with Gasteiger partial charge < -0.3 is 5.73 Å². The van der Waals surface area contributed by atoms with E-state index in [1.807, 2.05) is 0 Å². The summed E-state index contributed by atoms with van der Waals surface area (Å²) in [5.74, 6) is 0. The van der Waals surface area contributed by atoms with Gasteiger partial charge in [-0.3, -0.25) is 0 Å². The van der Waals surface area contributed by atoms with E-state index in [4.69, 9.17) is 28.9 Å². The highest BCUT2D eigenvalue weighted by Crippen LogP contribution is 2.30. The van der Waals surface area contributed by atoms with Crippen molar-refractivity contribution in [1.82, 2.24) is 0 Å². The predicted molar refractivity (Wildman–Crippen MR) is 65.9 cm³/mol. The van der Waals surface area contributed by atoms with Gasteiger partial charge in [0, 0.05) is 22.5 Å². The minimum Gasteiger partial charge on any atom is -0.324 e. The summed E-state index contributed by atoms with van der Waals surface area (Å²) in [4.78, 5) is 0. The maximum Gasteiger partial charge on any atom is 0.389 e. The average molecular weight is 309 g/mol. The van der Waals surface area contributed by atoms with Crippen molar-refractivity contribution in [3.05, 3.63) is 33.8 Å². The van der Waals surface area contributed by atoms with Crippen LogP contribution < -0.4 is 5.73 Å². The normalized spacial score (nSPS) is 13.1. The van der Waals surface area contributed by atoms with Gasteiger partial charge in [-0.15, -0.1) is 12.4 Å². The fourth-order valence-corrected chi connectivity index (χ4v) is 1.83. The van der Waals surface area contributed by atoms with E-state index < -0.39 is 18.6 Å². The van der Waals surface area contributed by atoms with Crippen molar-refractivity contribution in [2.75, 3.05) is 0 Å². The van der Waals surface area contributed by atoms with E-state index in [1.165, 1.54) is 6.07 Å². The first-order valence-electron chi connectivity index (χ1n) is 4.57. The summed E-state index contributed by atoms with van der Waals surface area (Å²) in [6.07, 6.45) is -5.31. The second kappa shape index (κ2) is 6.69. The maximum absolute atomic E-state index is 12.0. The van der Waals surface area contributed by atoms with E-state index in [1.54, 1.807) is 12.1 Å². The molecule has 0 saturated heterocycles. The highest BCUT2D eigenvalue weighted by atomic mass is 35.5. The molecule has 0 saturated carbocycles. The fraction of sp³-hybridized carbons (Fsp3) is 0.400. The van der Waals surface area contributed by atoms with Crippen molar-refractivity contribution in [2.24, 2.45) is 5.73 Å². The van der Waals surface area contributed by atoms with Gasteiger partial charge in [0.05, 0.1) is 0 Å². The van der Waals surface area contributed by atoms with Crippen LogP contribution in [0.1, 0.15) is 24.4 Å². The number of alkyl halides is 3. The van der Waals surface area contributed by atoms with E-state index >= 15 is 0 Å². The molecule has 1 rings (SSSR count). The molecule has 0 radical (unpaired) electrons. The van der Waals surface area contributed by atoms with Gasteiger partial charge >= 0.3 is 6.18 Å². The lowest BCUT2D eigenvalue weighted by molar-refractivity contribution is -0.136. The summed E-state index contributed by atoms with van der Waals surface area (Å²) in [5.41, 5.74) is 6.11. The Labute approximate surface area is 113 Å². The first-order chi connectivity index (χ1) is 7.29. The van der Waals surface area contributed by atoms with Crippen molar-refractivity contribution in [1.29, 1.82) is 0 Å². The number of nitrogens with two attached hydrogens (primary N) is 1. The Hall–Kier alpha value is -0.160. The van der Waals surface area contributed by atoms with E-state index in [2.05, 4.69) is 0 Å². The highest BCUT2D eigenvalue weighted by Gasteiger charge is 2.28. The van der Waals surface area contributed by atoms with E-state index in [9.17, 15) is 13.2 Å². The summed E-state index contributed by atoms with van der Waals surface area (Å²) in [7, 11) is 0. The van der Waals surface area contributed by atoms with E-state index in [0.29, 0.717) is 15.6 Å². The highest BCUT2D eigenvalue weighted by molar-refractivity contribution is 6.35. The number of hydrogen-bond donors (Lipinski definition) is 1. The molecule has 1 aromatic carbocycles. The van der Waals surface area contributed by atoms with E-state index in [-0.39, 0.29) is 18.8 Å². The van der Waals surface area contributed by atoms with Crippen LogP contribution in [-0.2, 0) is 0 Å². The van der Waals surface area contributed by atoms with Crippen LogP contribution in [-0.4, -0.2) is 6.18 Å². The Kier molecular flexibility index (Phi) is 6.62. The SMILES string of the molecule is Cl.N[C@@H](CCC(F)(F)F)c1ccc(Cl)cc1Cl. The average Bonchev–Trinajstić information content (AvgIpc) is 2.13. The molecule has 0 unspecified atom stereocenters. The van der Waals surface area contributed by atoms with Gasteiger partial charge in [-0.1, -0.05) is 29.3 Å². The van der Waals surface area contributed by atoms with Crippen LogP contribution in [0.5, 0.6) is 0 Å². The largest absolute Gasteiger partial charge is 0.389 e. The van der Waals surface area contributed by atoms with Gasteiger partial charge in [-0.2, -0.15) is 13.2 Å². The summed E-state index contributed by atoms with van der Waals surface area (Å²) in [6, 6.07) is 3.83. The standard InChI is InChI=1S/C10H10Cl2F3N.ClH/c11-6-1-2-7(8(12)5-6)9(16)3-4-10(13,14)15;/h1-2,5,9H,3-4,16H2;1H/t9-;/m0./s1. The molecule has 0 bridgehead atoms. The smallest absolute Gasteiger partial charge is 0.324 e. The van der Waals surface area contributed by atoms with Crippen molar-refractivity contribution in [3.8, 4) is 0 Å². The topological polar surface area (TPSA) is 26.0 Å². The molecular weight excluding hydrogens is 297 g/mol. The zero-order valence-electron chi connectivity index (χ0n) is 8.60. The van der Waals surface area contributed by atoms with Crippen LogP contribution in [0.3, 0.4) is 0 Å². The molecule has 1 aromatic rings. The molecule has 0 amide bonds. The molecule has 1 atom stereocenters. The molecular formula is C10H11Cl3F3N. The monoisotopic (exact) mass is 307 g/mol. The lowest BCUT2D eigenvalue weighted by Crippen LogP contribution is -2.16. The Bertz CT molecular complexity index is 368. The molecule has 0 spiro atoms. The Morgan fingerprint density at radius 3 is 2.29 bits per heavy atom. The van der Waals surface area contributed by atoms with Crippen molar-refractivity contribution in [2.45, 2.75) is 25.1 Å². The maximum atomic E-state index is 12.0. The van der Waals surface area contributed by atoms with Gasteiger partial charge in [-0.05, 0) is 24.1 Å². The minimum atomic E-state index is -4.20. The van der Waals surface area contributed by atoms with Gasteiger partial charge in [0.1, 0.15) is 0 Å². The third kappa shape index (κ3) is 5.82. The van der Waals surface area contributed by atoms with Gasteiger partial charge in [0.25, 0.3) is 0 Å². The molecule has 0 aliphatic carbocycles. The zero-order chi connectivity index (χ0) is 12.3. The molecule has 1 nitrogen and oxygen atoms in total. The van der Waals surface area contributed by atoms with Crippen LogP contribution >= 0.6 is 35.6 Å². The summed E-state index contributed by atoms with van der Waals surface area (Å²) in [5, 5.41) is 0.721. The third-order valence-electron chi connectivity index (χ3n) is 2.10. The molecule has 0 aliphatic rings. The number of rotatable bonds is 3. The summed E-state index contributed by atoms with van der Waals surface area (Å²) < 4.78 is 36.0. The van der Waals surface area contributed by atoms with Crippen LogP contribution in [0.15, 0.2) is 18.2 Å². The number of hydrogen-bond acceptors (Lipinski definition) is 1. The van der Waals surface area contributed by atoms with Crippen LogP contribution in [0.25, 0.3) is 0 Å². The van der Waals surface area contributed by atoms with Crippen molar-refractivity contribution >= 4 is 35.6 Å². The molecule has 2 N–H and O–H groups in total. The van der Waals surface area contributed by atoms with Crippen LogP contribution in [0, 0.1) is 0 Å². The predicted octanol–water partition coefficient (Wildman–Crippen LogP) is 4.76.